The Morgan fingerprint density at radius 3 is 2.17 bits per heavy atom. The third-order valence-electron chi connectivity index (χ3n) is 3.27. The minimum atomic E-state index is -3.12. The van der Waals surface area contributed by atoms with Crippen LogP contribution in [0.2, 0.25) is 0 Å². The van der Waals surface area contributed by atoms with Gasteiger partial charge in [0.15, 0.2) is 0 Å². The third-order valence-corrected chi connectivity index (χ3v) is 4.22. The lowest BCUT2D eigenvalue weighted by Gasteiger charge is -2.31. The number of benzene rings is 1. The highest BCUT2D eigenvalue weighted by Crippen LogP contribution is 2.30. The molecule has 18 heavy (non-hydrogen) atoms. The number of sulfone groups is 1. The van der Waals surface area contributed by atoms with E-state index in [0.717, 1.165) is 17.4 Å². The van der Waals surface area contributed by atoms with Gasteiger partial charge in [0.1, 0.15) is 9.84 Å². The molecule has 1 rings (SSSR count). The molecule has 0 spiro atoms. The largest absolute Gasteiger partial charge is 0.395 e. The van der Waals surface area contributed by atoms with Crippen LogP contribution in [0.5, 0.6) is 0 Å². The average molecular weight is 272 g/mol. The topological polar surface area (TPSA) is 74.6 Å². The molecule has 1 aromatic rings. The minimum Gasteiger partial charge on any atom is -0.395 e. The minimum absolute atomic E-state index is 0.0531. The molecule has 2 N–H and O–H groups in total. The highest BCUT2D eigenvalue weighted by Gasteiger charge is 2.33. The van der Waals surface area contributed by atoms with E-state index in [4.69, 9.17) is 0 Å². The molecule has 0 atom stereocenters. The van der Waals surface area contributed by atoms with E-state index in [-0.39, 0.29) is 25.4 Å². The molecule has 1 aromatic carbocycles. The normalized spacial score (nSPS) is 12.7. The molecule has 0 aliphatic heterocycles. The lowest BCUT2D eigenvalue weighted by atomic mass is 9.77. The summed E-state index contributed by atoms with van der Waals surface area (Å²) in [5.74, 6) is -0.0531. The quantitative estimate of drug-likeness (QED) is 0.797. The molecule has 0 aliphatic carbocycles. The molecule has 0 heterocycles. The van der Waals surface area contributed by atoms with E-state index < -0.39 is 15.3 Å². The molecule has 0 aliphatic rings. The van der Waals surface area contributed by atoms with Crippen LogP contribution in [0.15, 0.2) is 24.3 Å². The zero-order chi connectivity index (χ0) is 13.8. The summed E-state index contributed by atoms with van der Waals surface area (Å²) in [7, 11) is -3.12. The first-order valence-corrected chi connectivity index (χ1v) is 7.86. The SMILES string of the molecule is Cc1ccccc1C(CO)(CO)CCS(C)(=O)=O. The van der Waals surface area contributed by atoms with Crippen LogP contribution in [0.1, 0.15) is 17.5 Å². The summed E-state index contributed by atoms with van der Waals surface area (Å²) in [4.78, 5) is 0. The van der Waals surface area contributed by atoms with Gasteiger partial charge in [0.2, 0.25) is 0 Å². The van der Waals surface area contributed by atoms with Crippen molar-refractivity contribution in [3.63, 3.8) is 0 Å². The van der Waals surface area contributed by atoms with Crippen molar-refractivity contribution in [2.24, 2.45) is 0 Å². The predicted octanol–water partition coefficient (Wildman–Crippen LogP) is 0.652. The second kappa shape index (κ2) is 5.82. The molecule has 0 unspecified atom stereocenters. The van der Waals surface area contributed by atoms with Crippen molar-refractivity contribution >= 4 is 9.84 Å². The molecular formula is C13H20O4S. The fourth-order valence-corrected chi connectivity index (χ4v) is 2.82. The molecule has 0 saturated carbocycles. The van der Waals surface area contributed by atoms with Crippen LogP contribution < -0.4 is 0 Å². The van der Waals surface area contributed by atoms with Crippen molar-refractivity contribution < 1.29 is 18.6 Å². The molecule has 102 valence electrons. The van der Waals surface area contributed by atoms with Gasteiger partial charge < -0.3 is 10.2 Å². The predicted molar refractivity (Wildman–Crippen MR) is 71.4 cm³/mol. The zero-order valence-corrected chi connectivity index (χ0v) is 11.6. The zero-order valence-electron chi connectivity index (χ0n) is 10.8. The molecular weight excluding hydrogens is 252 g/mol. The van der Waals surface area contributed by atoms with Gasteiger partial charge in [-0.25, -0.2) is 8.42 Å². The maximum atomic E-state index is 11.3. The second-order valence-corrected chi connectivity index (χ2v) is 7.05. The van der Waals surface area contributed by atoms with Crippen molar-refractivity contribution in [3.05, 3.63) is 35.4 Å². The smallest absolute Gasteiger partial charge is 0.147 e. The standard InChI is InChI=1S/C13H20O4S/c1-11-5-3-4-6-12(11)13(9-14,10-15)7-8-18(2,16)17/h3-6,14-15H,7-10H2,1-2H3. The summed E-state index contributed by atoms with van der Waals surface area (Å²) in [6, 6.07) is 7.40. The Morgan fingerprint density at radius 2 is 1.72 bits per heavy atom. The molecule has 0 fully saturated rings. The summed E-state index contributed by atoms with van der Waals surface area (Å²) in [5, 5.41) is 19.2. The fourth-order valence-electron chi connectivity index (χ4n) is 2.06. The van der Waals surface area contributed by atoms with Crippen LogP contribution in [-0.2, 0) is 15.3 Å². The van der Waals surface area contributed by atoms with Gasteiger partial charge in [0.05, 0.1) is 19.0 Å². The van der Waals surface area contributed by atoms with Gasteiger partial charge >= 0.3 is 0 Å². The van der Waals surface area contributed by atoms with Crippen molar-refractivity contribution in [2.75, 3.05) is 25.2 Å². The van der Waals surface area contributed by atoms with Gasteiger partial charge in [-0.05, 0) is 24.5 Å². The van der Waals surface area contributed by atoms with Crippen LogP contribution in [0, 0.1) is 6.92 Å². The highest BCUT2D eigenvalue weighted by atomic mass is 32.2. The van der Waals surface area contributed by atoms with E-state index >= 15 is 0 Å². The number of aryl methyl sites for hydroxylation is 1. The average Bonchev–Trinajstić information content (AvgIpc) is 2.31. The number of aliphatic hydroxyl groups excluding tert-OH is 2. The van der Waals surface area contributed by atoms with Crippen molar-refractivity contribution in [1.29, 1.82) is 0 Å². The lowest BCUT2D eigenvalue weighted by molar-refractivity contribution is 0.113. The summed E-state index contributed by atoms with van der Waals surface area (Å²) >= 11 is 0. The monoisotopic (exact) mass is 272 g/mol. The van der Waals surface area contributed by atoms with Crippen LogP contribution in [0.4, 0.5) is 0 Å². The third kappa shape index (κ3) is 3.54. The van der Waals surface area contributed by atoms with Crippen molar-refractivity contribution in [3.8, 4) is 0 Å². The van der Waals surface area contributed by atoms with Crippen molar-refractivity contribution in [1.82, 2.24) is 0 Å². The molecule has 0 bridgehead atoms. The lowest BCUT2D eigenvalue weighted by Crippen LogP contribution is -2.37. The first kappa shape index (κ1) is 15.1. The molecule has 0 amide bonds. The van der Waals surface area contributed by atoms with Gasteiger partial charge in [-0.2, -0.15) is 0 Å². The maximum absolute atomic E-state index is 11.3. The summed E-state index contributed by atoms with van der Waals surface area (Å²) < 4.78 is 22.5. The molecule has 4 nitrogen and oxygen atoms in total. The highest BCUT2D eigenvalue weighted by molar-refractivity contribution is 7.90. The number of rotatable bonds is 6. The van der Waals surface area contributed by atoms with Crippen LogP contribution in [-0.4, -0.2) is 43.9 Å². The van der Waals surface area contributed by atoms with E-state index in [1.807, 2.05) is 31.2 Å². The fraction of sp³-hybridized carbons (Fsp3) is 0.538. The molecule has 5 heteroatoms. The first-order valence-electron chi connectivity index (χ1n) is 5.80. The number of hydrogen-bond donors (Lipinski definition) is 2. The molecule has 0 saturated heterocycles. The Morgan fingerprint density at radius 1 is 1.17 bits per heavy atom. The van der Waals surface area contributed by atoms with Gasteiger partial charge in [-0.1, -0.05) is 24.3 Å². The van der Waals surface area contributed by atoms with Crippen LogP contribution in [0.3, 0.4) is 0 Å². The van der Waals surface area contributed by atoms with E-state index in [1.165, 1.54) is 0 Å². The van der Waals surface area contributed by atoms with Crippen LogP contribution >= 0.6 is 0 Å². The Hall–Kier alpha value is -0.910. The Labute approximate surface area is 108 Å². The first-order chi connectivity index (χ1) is 8.34. The van der Waals surface area contributed by atoms with Gasteiger partial charge in [-0.3, -0.25) is 0 Å². The number of hydrogen-bond acceptors (Lipinski definition) is 4. The number of aliphatic hydroxyl groups is 2. The van der Waals surface area contributed by atoms with Gasteiger partial charge in [-0.15, -0.1) is 0 Å². The van der Waals surface area contributed by atoms with E-state index in [9.17, 15) is 18.6 Å². The Kier molecular flexibility index (Phi) is 4.90. The van der Waals surface area contributed by atoms with E-state index in [2.05, 4.69) is 0 Å². The van der Waals surface area contributed by atoms with Crippen LogP contribution in [0.25, 0.3) is 0 Å². The summed E-state index contributed by atoms with van der Waals surface area (Å²) in [6.45, 7) is 1.34. The van der Waals surface area contributed by atoms with E-state index in [0.29, 0.717) is 0 Å². The Balaban J connectivity index is 3.11. The Bertz CT molecular complexity index is 489. The maximum Gasteiger partial charge on any atom is 0.147 e. The van der Waals surface area contributed by atoms with Gasteiger partial charge in [0, 0.05) is 11.7 Å². The second-order valence-electron chi connectivity index (χ2n) is 4.79. The van der Waals surface area contributed by atoms with Gasteiger partial charge in [0.25, 0.3) is 0 Å². The summed E-state index contributed by atoms with van der Waals surface area (Å²) in [5.41, 5.74) is 0.849. The molecule has 0 radical (unpaired) electrons. The molecule has 0 aromatic heterocycles. The van der Waals surface area contributed by atoms with E-state index in [1.54, 1.807) is 0 Å². The summed E-state index contributed by atoms with van der Waals surface area (Å²) in [6.07, 6.45) is 1.37. The van der Waals surface area contributed by atoms with Crippen molar-refractivity contribution in [2.45, 2.75) is 18.8 Å².